The molecule has 0 bridgehead atoms. The van der Waals surface area contributed by atoms with Crippen molar-refractivity contribution in [2.45, 2.75) is 25.3 Å². The summed E-state index contributed by atoms with van der Waals surface area (Å²) in [6.07, 6.45) is 0.638. The van der Waals surface area contributed by atoms with Crippen LogP contribution in [0, 0.1) is 5.82 Å². The monoisotopic (exact) mass is 413 g/mol. The highest BCUT2D eigenvalue weighted by Crippen LogP contribution is 2.33. The van der Waals surface area contributed by atoms with Gasteiger partial charge in [0, 0.05) is 6.54 Å². The molecule has 1 saturated heterocycles. The average Bonchev–Trinajstić information content (AvgIpc) is 3.00. The Labute approximate surface area is 174 Å². The molecule has 7 nitrogen and oxygen atoms in total. The normalized spacial score (nSPS) is 18.3. The van der Waals surface area contributed by atoms with Crippen molar-refractivity contribution < 1.29 is 23.5 Å². The summed E-state index contributed by atoms with van der Waals surface area (Å²) in [5, 5.41) is 5.36. The van der Waals surface area contributed by atoms with E-state index in [4.69, 9.17) is 4.74 Å². The van der Waals surface area contributed by atoms with Crippen LogP contribution in [-0.4, -0.2) is 42.9 Å². The molecule has 0 aromatic heterocycles. The van der Waals surface area contributed by atoms with Crippen molar-refractivity contribution in [1.82, 2.24) is 15.5 Å². The third kappa shape index (κ3) is 4.12. The maximum Gasteiger partial charge on any atom is 0.325 e. The SMILES string of the molecule is CC[C@@]1(c2ccc(OC)cc2)NC(=O)N(CC(=O)NCCc2ccccc2F)C1=O. The van der Waals surface area contributed by atoms with Gasteiger partial charge in [-0.25, -0.2) is 9.18 Å². The molecule has 0 spiro atoms. The van der Waals surface area contributed by atoms with Gasteiger partial charge in [-0.15, -0.1) is 0 Å². The smallest absolute Gasteiger partial charge is 0.325 e. The number of nitrogens with one attached hydrogen (secondary N) is 2. The zero-order valence-corrected chi connectivity index (χ0v) is 16.9. The standard InChI is InChI=1S/C22H24FN3O4/c1-3-22(16-8-10-17(30-2)11-9-16)20(28)26(21(29)25-22)14-19(27)24-13-12-15-6-4-5-7-18(15)23/h4-11H,3,12-14H2,1-2H3,(H,24,27)(H,25,29)/t22-/m0/s1. The molecule has 8 heteroatoms. The van der Waals surface area contributed by atoms with E-state index in [0.29, 0.717) is 29.7 Å². The van der Waals surface area contributed by atoms with Gasteiger partial charge in [0.1, 0.15) is 23.7 Å². The van der Waals surface area contributed by atoms with Gasteiger partial charge in [-0.1, -0.05) is 37.3 Å². The summed E-state index contributed by atoms with van der Waals surface area (Å²) in [6, 6.07) is 12.6. The fraction of sp³-hybridized carbons (Fsp3) is 0.318. The van der Waals surface area contributed by atoms with Crippen molar-refractivity contribution in [2.75, 3.05) is 20.2 Å². The number of rotatable bonds is 8. The minimum atomic E-state index is -1.23. The Morgan fingerprint density at radius 2 is 1.87 bits per heavy atom. The minimum absolute atomic E-state index is 0.195. The number of benzene rings is 2. The Kier molecular flexibility index (Phi) is 6.34. The van der Waals surface area contributed by atoms with Gasteiger partial charge in [0.2, 0.25) is 5.91 Å². The molecule has 1 aliphatic rings. The molecule has 2 N–H and O–H groups in total. The van der Waals surface area contributed by atoms with Crippen molar-refractivity contribution in [1.29, 1.82) is 0 Å². The van der Waals surface area contributed by atoms with Crippen molar-refractivity contribution in [3.05, 3.63) is 65.5 Å². The first-order valence-electron chi connectivity index (χ1n) is 9.70. The summed E-state index contributed by atoms with van der Waals surface area (Å²) in [5.41, 5.74) is -0.125. The van der Waals surface area contributed by atoms with Gasteiger partial charge < -0.3 is 15.4 Å². The first-order valence-corrected chi connectivity index (χ1v) is 9.70. The lowest BCUT2D eigenvalue weighted by Gasteiger charge is -2.26. The number of ether oxygens (including phenoxy) is 1. The third-order valence-electron chi connectivity index (χ3n) is 5.26. The molecule has 30 heavy (non-hydrogen) atoms. The quantitative estimate of drug-likeness (QED) is 0.651. The number of hydrogen-bond acceptors (Lipinski definition) is 4. The second-order valence-corrected chi connectivity index (χ2v) is 7.00. The average molecular weight is 413 g/mol. The summed E-state index contributed by atoms with van der Waals surface area (Å²) in [6.45, 7) is 1.58. The van der Waals surface area contributed by atoms with Crippen LogP contribution in [0.3, 0.4) is 0 Å². The van der Waals surface area contributed by atoms with Gasteiger partial charge in [-0.3, -0.25) is 14.5 Å². The number of imide groups is 1. The maximum absolute atomic E-state index is 13.7. The predicted octanol–water partition coefficient (Wildman–Crippen LogP) is 2.35. The molecule has 4 amide bonds. The molecule has 1 fully saturated rings. The highest BCUT2D eigenvalue weighted by molar-refractivity contribution is 6.09. The number of carbonyl (C=O) groups excluding carboxylic acids is 3. The molecule has 1 atom stereocenters. The van der Waals surface area contributed by atoms with Crippen LogP contribution in [0.25, 0.3) is 0 Å². The van der Waals surface area contributed by atoms with Crippen LogP contribution in [0.2, 0.25) is 0 Å². The molecular formula is C22H24FN3O4. The minimum Gasteiger partial charge on any atom is -0.497 e. The van der Waals surface area contributed by atoms with E-state index in [0.717, 1.165) is 4.90 Å². The van der Waals surface area contributed by atoms with Crippen molar-refractivity contribution >= 4 is 17.8 Å². The molecule has 0 radical (unpaired) electrons. The van der Waals surface area contributed by atoms with E-state index in [-0.39, 0.29) is 12.4 Å². The molecule has 1 heterocycles. The number of carbonyl (C=O) groups is 3. The molecule has 0 unspecified atom stereocenters. The van der Waals surface area contributed by atoms with Gasteiger partial charge >= 0.3 is 6.03 Å². The van der Waals surface area contributed by atoms with Crippen LogP contribution in [0.1, 0.15) is 24.5 Å². The van der Waals surface area contributed by atoms with E-state index in [1.54, 1.807) is 56.5 Å². The summed E-state index contributed by atoms with van der Waals surface area (Å²) in [4.78, 5) is 38.8. The van der Waals surface area contributed by atoms with E-state index >= 15 is 0 Å². The lowest BCUT2D eigenvalue weighted by atomic mass is 9.87. The molecular weight excluding hydrogens is 389 g/mol. The molecule has 0 aliphatic carbocycles. The van der Waals surface area contributed by atoms with Gasteiger partial charge in [0.05, 0.1) is 7.11 Å². The zero-order valence-electron chi connectivity index (χ0n) is 16.9. The summed E-state index contributed by atoms with van der Waals surface area (Å²) in [5.74, 6) is -0.679. The number of halogens is 1. The zero-order chi connectivity index (χ0) is 21.7. The second kappa shape index (κ2) is 8.94. The number of urea groups is 1. The van der Waals surface area contributed by atoms with Crippen LogP contribution in [0.15, 0.2) is 48.5 Å². The van der Waals surface area contributed by atoms with E-state index in [2.05, 4.69) is 10.6 Å². The maximum atomic E-state index is 13.7. The lowest BCUT2D eigenvalue weighted by molar-refractivity contribution is -0.135. The number of methoxy groups -OCH3 is 1. The third-order valence-corrected chi connectivity index (χ3v) is 5.26. The summed E-state index contributed by atoms with van der Waals surface area (Å²) >= 11 is 0. The summed E-state index contributed by atoms with van der Waals surface area (Å²) < 4.78 is 18.8. The first-order chi connectivity index (χ1) is 14.4. The Morgan fingerprint density at radius 3 is 2.50 bits per heavy atom. The molecule has 2 aromatic carbocycles. The lowest BCUT2D eigenvalue weighted by Crippen LogP contribution is -2.45. The molecule has 158 valence electrons. The van der Waals surface area contributed by atoms with Gasteiger partial charge in [0.15, 0.2) is 0 Å². The molecule has 1 aliphatic heterocycles. The van der Waals surface area contributed by atoms with Crippen molar-refractivity contribution in [2.24, 2.45) is 0 Å². The predicted molar refractivity (Wildman–Crippen MR) is 108 cm³/mol. The number of amides is 4. The van der Waals surface area contributed by atoms with Crippen LogP contribution in [0.4, 0.5) is 9.18 Å². The van der Waals surface area contributed by atoms with Crippen molar-refractivity contribution in [3.63, 3.8) is 0 Å². The van der Waals surface area contributed by atoms with Crippen molar-refractivity contribution in [3.8, 4) is 5.75 Å². The second-order valence-electron chi connectivity index (χ2n) is 7.00. The van der Waals surface area contributed by atoms with E-state index < -0.39 is 29.9 Å². The summed E-state index contributed by atoms with van der Waals surface area (Å²) in [7, 11) is 1.54. The first kappa shape index (κ1) is 21.3. The number of nitrogens with zero attached hydrogens (tertiary/aromatic N) is 1. The fourth-order valence-electron chi connectivity index (χ4n) is 3.52. The Balaban J connectivity index is 1.64. The highest BCUT2D eigenvalue weighted by Gasteiger charge is 2.51. The van der Waals surface area contributed by atoms with E-state index in [9.17, 15) is 18.8 Å². The fourth-order valence-corrected chi connectivity index (χ4v) is 3.52. The van der Waals surface area contributed by atoms with Gasteiger partial charge in [-0.05, 0) is 42.2 Å². The van der Waals surface area contributed by atoms with Crippen LogP contribution < -0.4 is 15.4 Å². The topological polar surface area (TPSA) is 87.7 Å². The molecule has 3 rings (SSSR count). The van der Waals surface area contributed by atoms with Gasteiger partial charge in [0.25, 0.3) is 5.91 Å². The molecule has 2 aromatic rings. The largest absolute Gasteiger partial charge is 0.497 e. The Hall–Kier alpha value is -3.42. The van der Waals surface area contributed by atoms with E-state index in [1.807, 2.05) is 0 Å². The number of hydrogen-bond donors (Lipinski definition) is 2. The van der Waals surface area contributed by atoms with Crippen LogP contribution in [0.5, 0.6) is 5.75 Å². The van der Waals surface area contributed by atoms with E-state index in [1.165, 1.54) is 6.07 Å². The Morgan fingerprint density at radius 1 is 1.17 bits per heavy atom. The van der Waals surface area contributed by atoms with Crippen LogP contribution >= 0.6 is 0 Å². The Bertz CT molecular complexity index is 948. The van der Waals surface area contributed by atoms with Gasteiger partial charge in [-0.2, -0.15) is 0 Å². The highest BCUT2D eigenvalue weighted by atomic mass is 19.1. The van der Waals surface area contributed by atoms with Crippen LogP contribution in [-0.2, 0) is 21.5 Å². The molecule has 0 saturated carbocycles.